The summed E-state index contributed by atoms with van der Waals surface area (Å²) in [5.74, 6) is -0.296. The van der Waals surface area contributed by atoms with Crippen LogP contribution in [-0.4, -0.2) is 35.5 Å². The maximum absolute atomic E-state index is 12.0. The molecular formula is C16H22BNO4S. The molecule has 7 heteroatoms. The van der Waals surface area contributed by atoms with Crippen LogP contribution in [0.4, 0.5) is 0 Å². The number of hydrogen-bond donors (Lipinski definition) is 0. The van der Waals surface area contributed by atoms with Gasteiger partial charge in [-0.2, -0.15) is 0 Å². The topological polar surface area (TPSA) is 49.7 Å². The highest BCUT2D eigenvalue weighted by Gasteiger charge is 2.52. The summed E-state index contributed by atoms with van der Waals surface area (Å²) in [6.45, 7) is 10.3. The van der Waals surface area contributed by atoms with Crippen LogP contribution < -0.4 is 4.78 Å². The summed E-state index contributed by atoms with van der Waals surface area (Å²) in [5, 5.41) is 1.00. The van der Waals surface area contributed by atoms with Gasteiger partial charge in [0.05, 0.1) is 17.8 Å². The Labute approximate surface area is 140 Å². The zero-order chi connectivity index (χ0) is 17.0. The van der Waals surface area contributed by atoms with Crippen LogP contribution in [0.5, 0.6) is 0 Å². The van der Waals surface area contributed by atoms with Crippen LogP contribution in [0.15, 0.2) is 12.1 Å². The van der Waals surface area contributed by atoms with Crippen molar-refractivity contribution in [1.29, 1.82) is 0 Å². The van der Waals surface area contributed by atoms with Crippen molar-refractivity contribution in [2.75, 3.05) is 6.61 Å². The van der Waals surface area contributed by atoms with Gasteiger partial charge in [0.25, 0.3) is 0 Å². The van der Waals surface area contributed by atoms with Crippen LogP contribution in [0.1, 0.15) is 45.1 Å². The summed E-state index contributed by atoms with van der Waals surface area (Å²) in [7, 11) is 1.50. The van der Waals surface area contributed by atoms with Crippen LogP contribution >= 0.6 is 11.3 Å². The molecule has 0 bridgehead atoms. The number of esters is 1. The minimum atomic E-state index is -0.372. The second kappa shape index (κ2) is 5.36. The maximum atomic E-state index is 12.0. The molecule has 1 aliphatic rings. The van der Waals surface area contributed by atoms with E-state index in [9.17, 15) is 4.79 Å². The number of carbonyl (C=O) groups is 1. The smallest absolute Gasteiger partial charge is 0.461 e. The van der Waals surface area contributed by atoms with E-state index in [-0.39, 0.29) is 24.3 Å². The Kier molecular flexibility index (Phi) is 3.86. The van der Waals surface area contributed by atoms with Gasteiger partial charge >= 0.3 is 13.1 Å². The fourth-order valence-electron chi connectivity index (χ4n) is 2.61. The van der Waals surface area contributed by atoms with Crippen molar-refractivity contribution < 1.29 is 18.8 Å². The number of fused-ring (bicyclic) bond motifs is 1. The van der Waals surface area contributed by atoms with Gasteiger partial charge in [-0.3, -0.25) is 0 Å². The molecule has 2 aromatic rings. The number of aryl methyl sites for hydroxylation is 1. The van der Waals surface area contributed by atoms with Gasteiger partial charge in [-0.25, -0.2) is 4.79 Å². The lowest BCUT2D eigenvalue weighted by Gasteiger charge is -2.32. The predicted molar refractivity (Wildman–Crippen MR) is 92.5 cm³/mol. The average molecular weight is 335 g/mol. The van der Waals surface area contributed by atoms with Crippen molar-refractivity contribution in [2.45, 2.75) is 45.8 Å². The van der Waals surface area contributed by atoms with Crippen LogP contribution in [0.25, 0.3) is 10.2 Å². The van der Waals surface area contributed by atoms with E-state index in [2.05, 4.69) is 0 Å². The van der Waals surface area contributed by atoms with E-state index in [1.54, 1.807) is 18.3 Å². The molecule has 124 valence electrons. The highest BCUT2D eigenvalue weighted by Crippen LogP contribution is 2.37. The molecule has 0 amide bonds. The number of carbonyl (C=O) groups excluding carboxylic acids is 1. The van der Waals surface area contributed by atoms with Crippen molar-refractivity contribution >= 4 is 39.4 Å². The van der Waals surface area contributed by atoms with Gasteiger partial charge in [-0.15, -0.1) is 11.3 Å². The molecule has 3 heterocycles. The summed E-state index contributed by atoms with van der Waals surface area (Å²) < 4.78 is 20.2. The van der Waals surface area contributed by atoms with Gasteiger partial charge in [-0.05, 0) is 46.8 Å². The molecule has 1 aliphatic heterocycles. The van der Waals surface area contributed by atoms with Gasteiger partial charge in [-0.1, -0.05) is 0 Å². The third-order valence-corrected chi connectivity index (χ3v) is 5.94. The zero-order valence-electron chi connectivity index (χ0n) is 14.4. The van der Waals surface area contributed by atoms with E-state index in [1.807, 2.05) is 51.4 Å². The van der Waals surface area contributed by atoms with E-state index >= 15 is 0 Å². The second-order valence-corrected chi connectivity index (χ2v) is 7.87. The SMILES string of the molecule is CCOC(=O)c1cc2cc(B3OC(C)(C)C(C)(C)O3)sc2n1C. The highest BCUT2D eigenvalue weighted by atomic mass is 32.1. The Bertz CT molecular complexity index is 746. The Morgan fingerprint density at radius 2 is 1.87 bits per heavy atom. The molecule has 5 nitrogen and oxygen atoms in total. The largest absolute Gasteiger partial charge is 0.505 e. The van der Waals surface area contributed by atoms with Gasteiger partial charge < -0.3 is 18.6 Å². The lowest BCUT2D eigenvalue weighted by molar-refractivity contribution is 0.00578. The standard InChI is InChI=1S/C16H22BNO4S/c1-7-20-14(19)11-8-10-9-12(23-13(10)18(11)6)17-21-15(2,3)16(4,5)22-17/h8-9H,7H2,1-6H3. The number of aromatic nitrogens is 1. The minimum Gasteiger partial charge on any atom is -0.461 e. The van der Waals surface area contributed by atoms with E-state index < -0.39 is 0 Å². The van der Waals surface area contributed by atoms with Gasteiger partial charge in [0.2, 0.25) is 0 Å². The monoisotopic (exact) mass is 335 g/mol. The molecular weight excluding hydrogens is 313 g/mol. The Hall–Kier alpha value is -1.31. The minimum absolute atomic E-state index is 0.296. The van der Waals surface area contributed by atoms with Crippen molar-refractivity contribution in [1.82, 2.24) is 4.57 Å². The summed E-state index contributed by atoms with van der Waals surface area (Å²) in [6, 6.07) is 3.89. The molecule has 0 aliphatic carbocycles. The number of rotatable bonds is 3. The molecule has 0 atom stereocenters. The van der Waals surface area contributed by atoms with Crippen LogP contribution in [-0.2, 0) is 21.1 Å². The fourth-order valence-corrected chi connectivity index (χ4v) is 3.68. The first-order valence-electron chi connectivity index (χ1n) is 7.78. The average Bonchev–Trinajstić information content (AvgIpc) is 3.03. The molecule has 0 N–H and O–H groups in total. The molecule has 0 unspecified atom stereocenters. The first kappa shape index (κ1) is 16.5. The Morgan fingerprint density at radius 1 is 1.26 bits per heavy atom. The van der Waals surface area contributed by atoms with Gasteiger partial charge in [0.15, 0.2) is 0 Å². The lowest BCUT2D eigenvalue weighted by atomic mass is 9.88. The number of hydrogen-bond acceptors (Lipinski definition) is 5. The number of thiophene rings is 1. The normalized spacial score (nSPS) is 19.5. The Balaban J connectivity index is 1.92. The first-order valence-corrected chi connectivity index (χ1v) is 8.60. The Morgan fingerprint density at radius 3 is 2.39 bits per heavy atom. The van der Waals surface area contributed by atoms with Crippen molar-refractivity contribution in [3.8, 4) is 0 Å². The van der Waals surface area contributed by atoms with E-state index in [0.717, 1.165) is 15.0 Å². The molecule has 3 rings (SSSR count). The highest BCUT2D eigenvalue weighted by molar-refractivity contribution is 7.27. The van der Waals surface area contributed by atoms with Crippen molar-refractivity contribution in [3.63, 3.8) is 0 Å². The molecule has 0 spiro atoms. The molecule has 1 saturated heterocycles. The number of ether oxygens (including phenoxy) is 1. The first-order chi connectivity index (χ1) is 10.7. The molecule has 0 aromatic carbocycles. The fraction of sp³-hybridized carbons (Fsp3) is 0.562. The van der Waals surface area contributed by atoms with E-state index in [4.69, 9.17) is 14.0 Å². The summed E-state index contributed by atoms with van der Waals surface area (Å²) in [6.07, 6.45) is 0. The van der Waals surface area contributed by atoms with Crippen molar-refractivity contribution in [3.05, 3.63) is 17.8 Å². The van der Waals surface area contributed by atoms with Crippen LogP contribution in [0.2, 0.25) is 0 Å². The number of nitrogens with zero attached hydrogens (tertiary/aromatic N) is 1. The second-order valence-electron chi connectivity index (χ2n) is 6.81. The third-order valence-electron chi connectivity index (χ3n) is 4.69. The van der Waals surface area contributed by atoms with Crippen molar-refractivity contribution in [2.24, 2.45) is 7.05 Å². The predicted octanol–water partition coefficient (Wildman–Crippen LogP) is 2.72. The quantitative estimate of drug-likeness (QED) is 0.639. The third kappa shape index (κ3) is 2.60. The summed E-state index contributed by atoms with van der Waals surface area (Å²) in [5.41, 5.74) is -0.151. The van der Waals surface area contributed by atoms with E-state index in [0.29, 0.717) is 12.3 Å². The molecule has 0 radical (unpaired) electrons. The van der Waals surface area contributed by atoms with Crippen LogP contribution in [0, 0.1) is 0 Å². The summed E-state index contributed by atoms with van der Waals surface area (Å²) >= 11 is 1.58. The zero-order valence-corrected chi connectivity index (χ0v) is 15.2. The van der Waals surface area contributed by atoms with Gasteiger partial charge in [0.1, 0.15) is 10.5 Å². The molecule has 1 fully saturated rings. The van der Waals surface area contributed by atoms with Gasteiger partial charge in [0, 0.05) is 17.2 Å². The lowest BCUT2D eigenvalue weighted by Crippen LogP contribution is -2.41. The molecule has 0 saturated carbocycles. The summed E-state index contributed by atoms with van der Waals surface area (Å²) in [4.78, 5) is 13.0. The van der Waals surface area contributed by atoms with E-state index in [1.165, 1.54) is 0 Å². The molecule has 23 heavy (non-hydrogen) atoms. The van der Waals surface area contributed by atoms with Crippen LogP contribution in [0.3, 0.4) is 0 Å². The molecule has 2 aromatic heterocycles. The maximum Gasteiger partial charge on any atom is 0.505 e.